The summed E-state index contributed by atoms with van der Waals surface area (Å²) in [4.78, 5) is 11.6. The quantitative estimate of drug-likeness (QED) is 0.313. The Morgan fingerprint density at radius 1 is 1.06 bits per heavy atom. The molecule has 32 heavy (non-hydrogen) atoms. The fraction of sp³-hybridized carbons (Fsp3) is 0.231. The number of nitrogens with zero attached hydrogens (tertiary/aromatic N) is 1. The number of halogens is 1. The van der Waals surface area contributed by atoms with Crippen molar-refractivity contribution < 1.29 is 19.0 Å². The summed E-state index contributed by atoms with van der Waals surface area (Å²) in [6.07, 6.45) is 1.48. The van der Waals surface area contributed by atoms with E-state index in [-0.39, 0.29) is 13.0 Å². The van der Waals surface area contributed by atoms with Gasteiger partial charge < -0.3 is 9.84 Å². The summed E-state index contributed by atoms with van der Waals surface area (Å²) in [6, 6.07) is 19.7. The molecule has 4 nitrogen and oxygen atoms in total. The molecule has 0 aliphatic carbocycles. The van der Waals surface area contributed by atoms with Crippen molar-refractivity contribution in [3.05, 3.63) is 82.2 Å². The zero-order chi connectivity index (χ0) is 22.5. The maximum Gasteiger partial charge on any atom is 0.303 e. The van der Waals surface area contributed by atoms with E-state index in [9.17, 15) is 9.18 Å². The van der Waals surface area contributed by atoms with Crippen LogP contribution < -0.4 is 4.74 Å². The monoisotopic (exact) mass is 449 g/mol. The number of aromatic nitrogens is 1. The first-order valence-corrected chi connectivity index (χ1v) is 11.4. The van der Waals surface area contributed by atoms with Crippen LogP contribution in [0, 0.1) is 0 Å². The minimum absolute atomic E-state index is 0.0742. The van der Waals surface area contributed by atoms with Crippen molar-refractivity contribution >= 4 is 28.3 Å². The van der Waals surface area contributed by atoms with E-state index >= 15 is 0 Å². The number of aryl methyl sites for hydroxylation is 2. The van der Waals surface area contributed by atoms with Gasteiger partial charge in [0.1, 0.15) is 19.0 Å². The van der Waals surface area contributed by atoms with E-state index in [1.807, 2.05) is 48.5 Å². The normalized spacial score (nSPS) is 11.1. The Balaban J connectivity index is 1.63. The molecule has 0 aliphatic rings. The molecule has 0 saturated heterocycles. The van der Waals surface area contributed by atoms with E-state index in [2.05, 4.69) is 23.4 Å². The molecule has 6 heteroatoms. The molecule has 4 rings (SSSR count). The molecule has 1 N–H and O–H groups in total. The first kappa shape index (κ1) is 22.0. The van der Waals surface area contributed by atoms with Crippen LogP contribution in [0.3, 0.4) is 0 Å². The van der Waals surface area contributed by atoms with Crippen molar-refractivity contribution in [2.75, 3.05) is 0 Å². The number of benzene rings is 3. The van der Waals surface area contributed by atoms with Crippen molar-refractivity contribution in [2.45, 2.75) is 39.5 Å². The lowest BCUT2D eigenvalue weighted by Crippen LogP contribution is -2.01. The molecule has 0 spiro atoms. The molecule has 0 radical (unpaired) electrons. The van der Waals surface area contributed by atoms with Gasteiger partial charge in [0.25, 0.3) is 0 Å². The SMILES string of the molecule is CCc1ccc(-c2nsc(CF)c2COc2ccc(CCC(=O)O)c3ccccc23)cc1. The van der Waals surface area contributed by atoms with Crippen LogP contribution in [0.25, 0.3) is 22.0 Å². The van der Waals surface area contributed by atoms with Gasteiger partial charge in [0.2, 0.25) is 0 Å². The number of carbonyl (C=O) groups is 1. The fourth-order valence-corrected chi connectivity index (χ4v) is 4.52. The van der Waals surface area contributed by atoms with Gasteiger partial charge in [-0.25, -0.2) is 4.39 Å². The van der Waals surface area contributed by atoms with Gasteiger partial charge in [-0.3, -0.25) is 4.79 Å². The fourth-order valence-electron chi connectivity index (χ4n) is 3.79. The van der Waals surface area contributed by atoms with Crippen molar-refractivity contribution in [1.29, 1.82) is 0 Å². The summed E-state index contributed by atoms with van der Waals surface area (Å²) >= 11 is 1.17. The van der Waals surface area contributed by atoms with Gasteiger partial charge in [-0.2, -0.15) is 4.37 Å². The summed E-state index contributed by atoms with van der Waals surface area (Å²) in [5.74, 6) is -0.138. The molecule has 0 saturated carbocycles. The summed E-state index contributed by atoms with van der Waals surface area (Å²) in [5.41, 5.74) is 4.68. The lowest BCUT2D eigenvalue weighted by atomic mass is 10.00. The molecule has 0 bridgehead atoms. The van der Waals surface area contributed by atoms with Gasteiger partial charge in [0.05, 0.1) is 10.6 Å². The second-order valence-electron chi connectivity index (χ2n) is 7.57. The predicted molar refractivity (Wildman–Crippen MR) is 126 cm³/mol. The van der Waals surface area contributed by atoms with Gasteiger partial charge in [0.15, 0.2) is 0 Å². The molecule has 0 aliphatic heterocycles. The van der Waals surface area contributed by atoms with Gasteiger partial charge in [-0.1, -0.05) is 61.5 Å². The van der Waals surface area contributed by atoms with E-state index in [0.29, 0.717) is 17.0 Å². The highest BCUT2D eigenvalue weighted by Gasteiger charge is 2.17. The van der Waals surface area contributed by atoms with Crippen molar-refractivity contribution in [2.24, 2.45) is 0 Å². The molecular weight excluding hydrogens is 425 g/mol. The Morgan fingerprint density at radius 2 is 1.81 bits per heavy atom. The number of ether oxygens (including phenoxy) is 1. The number of hydrogen-bond acceptors (Lipinski definition) is 4. The maximum absolute atomic E-state index is 13.7. The summed E-state index contributed by atoms with van der Waals surface area (Å²) in [6.45, 7) is 1.73. The number of fused-ring (bicyclic) bond motifs is 1. The van der Waals surface area contributed by atoms with Gasteiger partial charge in [-0.15, -0.1) is 0 Å². The Kier molecular flexibility index (Phi) is 6.81. The van der Waals surface area contributed by atoms with E-state index in [1.165, 1.54) is 17.1 Å². The highest BCUT2D eigenvalue weighted by molar-refractivity contribution is 7.06. The van der Waals surface area contributed by atoms with Crippen LogP contribution in [0.15, 0.2) is 60.7 Å². The van der Waals surface area contributed by atoms with E-state index in [1.54, 1.807) is 0 Å². The molecule has 0 unspecified atom stereocenters. The number of alkyl halides is 1. The summed E-state index contributed by atoms with van der Waals surface area (Å²) < 4.78 is 24.4. The van der Waals surface area contributed by atoms with Crippen molar-refractivity contribution in [3.63, 3.8) is 0 Å². The number of hydrogen-bond donors (Lipinski definition) is 1. The van der Waals surface area contributed by atoms with Crippen LogP contribution in [0.5, 0.6) is 5.75 Å². The number of aliphatic carboxylic acids is 1. The van der Waals surface area contributed by atoms with Crippen LogP contribution in [0.1, 0.15) is 34.9 Å². The van der Waals surface area contributed by atoms with Crippen LogP contribution >= 0.6 is 11.5 Å². The molecule has 0 atom stereocenters. The first-order valence-electron chi connectivity index (χ1n) is 10.6. The predicted octanol–water partition coefficient (Wildman–Crippen LogP) is 6.59. The minimum atomic E-state index is -0.822. The van der Waals surface area contributed by atoms with Crippen LogP contribution in [-0.4, -0.2) is 15.4 Å². The number of carboxylic acid groups (broad SMARTS) is 1. The largest absolute Gasteiger partial charge is 0.488 e. The van der Waals surface area contributed by atoms with E-state index in [4.69, 9.17) is 9.84 Å². The van der Waals surface area contributed by atoms with Gasteiger partial charge in [0, 0.05) is 22.9 Å². The number of rotatable bonds is 9. The third kappa shape index (κ3) is 4.65. The molecule has 4 aromatic rings. The van der Waals surface area contributed by atoms with Gasteiger partial charge in [-0.05, 0) is 47.0 Å². The standard InChI is InChI=1S/C26H24FNO3S/c1-2-17-7-9-19(10-8-17)26-22(24(15-27)32-28-26)16-31-23-13-11-18(12-14-25(29)30)20-5-3-4-6-21(20)23/h3-11,13H,2,12,14-16H2,1H3,(H,29,30). The number of carboxylic acids is 1. The third-order valence-electron chi connectivity index (χ3n) is 5.58. The van der Waals surface area contributed by atoms with Crippen LogP contribution in [0.2, 0.25) is 0 Å². The van der Waals surface area contributed by atoms with Crippen molar-refractivity contribution in [3.8, 4) is 17.0 Å². The van der Waals surface area contributed by atoms with Crippen LogP contribution in [-0.2, 0) is 30.9 Å². The van der Waals surface area contributed by atoms with Crippen molar-refractivity contribution in [1.82, 2.24) is 4.37 Å². The third-order valence-corrected chi connectivity index (χ3v) is 6.43. The lowest BCUT2D eigenvalue weighted by molar-refractivity contribution is -0.136. The smallest absolute Gasteiger partial charge is 0.303 e. The van der Waals surface area contributed by atoms with E-state index in [0.717, 1.165) is 39.6 Å². The zero-order valence-corrected chi connectivity index (χ0v) is 18.6. The molecule has 0 amide bonds. The minimum Gasteiger partial charge on any atom is -0.488 e. The molecule has 0 fully saturated rings. The Labute approximate surface area is 190 Å². The second kappa shape index (κ2) is 9.92. The van der Waals surface area contributed by atoms with Gasteiger partial charge >= 0.3 is 5.97 Å². The lowest BCUT2D eigenvalue weighted by Gasteiger charge is -2.13. The highest BCUT2D eigenvalue weighted by Crippen LogP contribution is 2.33. The molecule has 1 heterocycles. The molecule has 164 valence electrons. The highest BCUT2D eigenvalue weighted by atomic mass is 32.1. The second-order valence-corrected chi connectivity index (χ2v) is 8.43. The Hall–Kier alpha value is -3.25. The first-order chi connectivity index (χ1) is 15.6. The molecular formula is C26H24FNO3S. The molecule has 1 aromatic heterocycles. The zero-order valence-electron chi connectivity index (χ0n) is 17.8. The average Bonchev–Trinajstić information content (AvgIpc) is 3.24. The Bertz CT molecular complexity index is 1230. The molecule has 3 aromatic carbocycles. The van der Waals surface area contributed by atoms with Crippen LogP contribution in [0.4, 0.5) is 4.39 Å². The topological polar surface area (TPSA) is 59.4 Å². The summed E-state index contributed by atoms with van der Waals surface area (Å²) in [7, 11) is 0. The Morgan fingerprint density at radius 3 is 2.50 bits per heavy atom. The van der Waals surface area contributed by atoms with E-state index < -0.39 is 12.6 Å². The average molecular weight is 450 g/mol. The maximum atomic E-state index is 13.7. The summed E-state index contributed by atoms with van der Waals surface area (Å²) in [5, 5.41) is 10.9.